The molecule has 0 aliphatic heterocycles. The summed E-state index contributed by atoms with van der Waals surface area (Å²) in [4.78, 5) is 12.1. The zero-order chi connectivity index (χ0) is 15.2. The quantitative estimate of drug-likeness (QED) is 0.698. The average molecular weight is 298 g/mol. The van der Waals surface area contributed by atoms with E-state index in [1.165, 1.54) is 30.2 Å². The highest BCUT2D eigenvalue weighted by molar-refractivity contribution is 5.41. The van der Waals surface area contributed by atoms with Gasteiger partial charge in [0, 0.05) is 12.6 Å². The first-order valence-electron chi connectivity index (χ1n) is 5.85. The van der Waals surface area contributed by atoms with Crippen molar-refractivity contribution in [2.45, 2.75) is 12.7 Å². The van der Waals surface area contributed by atoms with E-state index in [0.717, 1.165) is 15.6 Å². The Morgan fingerprint density at radius 1 is 1.24 bits per heavy atom. The molecular weight excluding hydrogens is 289 g/mol. The van der Waals surface area contributed by atoms with Crippen LogP contribution in [0.5, 0.6) is 0 Å². The highest BCUT2D eigenvalue weighted by Gasteiger charge is 2.37. The molecule has 0 amide bonds. The van der Waals surface area contributed by atoms with Crippen molar-refractivity contribution in [2.75, 3.05) is 0 Å². The fourth-order valence-electron chi connectivity index (χ4n) is 2.11. The third kappa shape index (κ3) is 2.18. The first-order chi connectivity index (χ1) is 9.88. The first-order valence-corrected chi connectivity index (χ1v) is 5.85. The number of rotatable bonds is 2. The third-order valence-corrected chi connectivity index (χ3v) is 3.03. The first kappa shape index (κ1) is 13.3. The van der Waals surface area contributed by atoms with Gasteiger partial charge in [-0.05, 0) is 6.07 Å². The van der Waals surface area contributed by atoms with Gasteiger partial charge in [0.25, 0.3) is 5.56 Å². The summed E-state index contributed by atoms with van der Waals surface area (Å²) in [7, 11) is 1.20. The normalized spacial score (nSPS) is 12.2. The Balaban J connectivity index is 2.07. The van der Waals surface area contributed by atoms with E-state index in [2.05, 4.69) is 15.3 Å². The van der Waals surface area contributed by atoms with Gasteiger partial charge in [-0.1, -0.05) is 0 Å². The van der Waals surface area contributed by atoms with Gasteiger partial charge in [0.15, 0.2) is 0 Å². The Kier molecular flexibility index (Phi) is 2.81. The Bertz CT molecular complexity index is 859. The molecule has 0 aliphatic carbocycles. The van der Waals surface area contributed by atoms with Crippen molar-refractivity contribution < 1.29 is 13.2 Å². The number of aryl methyl sites for hydroxylation is 1. The lowest BCUT2D eigenvalue weighted by atomic mass is 10.2. The van der Waals surface area contributed by atoms with Crippen LogP contribution in [0.3, 0.4) is 0 Å². The standard InChI is InChI=1S/C11H9F3N6O/c1-18-9(11(12,13)14)7(4-16-18)5-19-10(21)8-2-3-15-20(8)6-17-19/h2-4,6H,5H2,1H3. The molecule has 0 aliphatic rings. The maximum atomic E-state index is 13.0. The van der Waals surface area contributed by atoms with Gasteiger partial charge in [-0.15, -0.1) is 0 Å². The summed E-state index contributed by atoms with van der Waals surface area (Å²) >= 11 is 0. The molecule has 0 spiro atoms. The van der Waals surface area contributed by atoms with E-state index in [1.807, 2.05) is 0 Å². The van der Waals surface area contributed by atoms with Gasteiger partial charge >= 0.3 is 6.18 Å². The second-order valence-electron chi connectivity index (χ2n) is 4.39. The van der Waals surface area contributed by atoms with Crippen molar-refractivity contribution in [1.82, 2.24) is 29.2 Å². The van der Waals surface area contributed by atoms with Crippen molar-refractivity contribution >= 4 is 5.52 Å². The van der Waals surface area contributed by atoms with Gasteiger partial charge in [-0.25, -0.2) is 9.20 Å². The molecule has 21 heavy (non-hydrogen) atoms. The second-order valence-corrected chi connectivity index (χ2v) is 4.39. The molecule has 0 bridgehead atoms. The summed E-state index contributed by atoms with van der Waals surface area (Å²) in [6, 6.07) is 1.47. The number of halogens is 3. The van der Waals surface area contributed by atoms with Crippen molar-refractivity contribution in [2.24, 2.45) is 7.05 Å². The number of nitrogens with zero attached hydrogens (tertiary/aromatic N) is 6. The monoisotopic (exact) mass is 298 g/mol. The summed E-state index contributed by atoms with van der Waals surface area (Å²) in [6.07, 6.45) is -0.795. The van der Waals surface area contributed by atoms with Crippen LogP contribution < -0.4 is 5.56 Å². The molecule has 3 aromatic rings. The lowest BCUT2D eigenvalue weighted by molar-refractivity contribution is -0.144. The van der Waals surface area contributed by atoms with Crippen LogP contribution in [0.4, 0.5) is 13.2 Å². The van der Waals surface area contributed by atoms with E-state index >= 15 is 0 Å². The Hall–Kier alpha value is -2.65. The molecule has 0 fully saturated rings. The largest absolute Gasteiger partial charge is 0.433 e. The summed E-state index contributed by atoms with van der Waals surface area (Å²) in [5.41, 5.74) is -1.30. The minimum absolute atomic E-state index is 0.122. The second kappa shape index (κ2) is 4.43. The Morgan fingerprint density at radius 2 is 2.00 bits per heavy atom. The van der Waals surface area contributed by atoms with Crippen molar-refractivity contribution in [3.8, 4) is 0 Å². The van der Waals surface area contributed by atoms with Crippen molar-refractivity contribution in [1.29, 1.82) is 0 Å². The minimum Gasteiger partial charge on any atom is -0.265 e. The summed E-state index contributed by atoms with van der Waals surface area (Å²) in [5.74, 6) is 0. The minimum atomic E-state index is -4.55. The number of alkyl halides is 3. The smallest absolute Gasteiger partial charge is 0.265 e. The molecule has 10 heteroatoms. The molecule has 3 aromatic heterocycles. The topological polar surface area (TPSA) is 70.0 Å². The molecule has 0 saturated carbocycles. The van der Waals surface area contributed by atoms with Gasteiger partial charge in [0.2, 0.25) is 0 Å². The van der Waals surface area contributed by atoms with Crippen molar-refractivity contribution in [3.05, 3.63) is 46.4 Å². The predicted octanol–water partition coefficient (Wildman–Crippen LogP) is 0.692. The van der Waals surface area contributed by atoms with Gasteiger partial charge in [-0.3, -0.25) is 9.48 Å². The molecule has 0 radical (unpaired) electrons. The lowest BCUT2D eigenvalue weighted by Crippen LogP contribution is -2.26. The van der Waals surface area contributed by atoms with Crippen LogP contribution in [-0.2, 0) is 19.8 Å². The molecule has 0 aromatic carbocycles. The lowest BCUT2D eigenvalue weighted by Gasteiger charge is -2.10. The molecule has 110 valence electrons. The fraction of sp³-hybridized carbons (Fsp3) is 0.273. The number of hydrogen-bond donors (Lipinski definition) is 0. The van der Waals surface area contributed by atoms with Gasteiger partial charge in [-0.2, -0.15) is 28.5 Å². The predicted molar refractivity (Wildman–Crippen MR) is 64.6 cm³/mol. The van der Waals surface area contributed by atoms with E-state index in [-0.39, 0.29) is 17.6 Å². The highest BCUT2D eigenvalue weighted by atomic mass is 19.4. The molecule has 3 rings (SSSR count). The van der Waals surface area contributed by atoms with Crippen molar-refractivity contribution in [3.63, 3.8) is 0 Å². The third-order valence-electron chi connectivity index (χ3n) is 3.03. The highest BCUT2D eigenvalue weighted by Crippen LogP contribution is 2.31. The van der Waals surface area contributed by atoms with Crippen LogP contribution in [0.15, 0.2) is 29.6 Å². The maximum absolute atomic E-state index is 13.0. The number of fused-ring (bicyclic) bond motifs is 1. The maximum Gasteiger partial charge on any atom is 0.433 e. The number of hydrogen-bond acceptors (Lipinski definition) is 4. The van der Waals surface area contributed by atoms with E-state index in [1.54, 1.807) is 0 Å². The fourth-order valence-corrected chi connectivity index (χ4v) is 2.11. The zero-order valence-electron chi connectivity index (χ0n) is 10.7. The molecule has 7 nitrogen and oxygen atoms in total. The van der Waals surface area contributed by atoms with Gasteiger partial charge < -0.3 is 0 Å². The molecule has 0 atom stereocenters. The SMILES string of the molecule is Cn1ncc(Cn2ncn3nccc3c2=O)c1C(F)(F)F. The van der Waals surface area contributed by atoms with Crippen LogP contribution in [0, 0.1) is 0 Å². The molecular formula is C11H9F3N6O. The summed E-state index contributed by atoms with van der Waals surface area (Å²) < 4.78 is 41.8. The van der Waals surface area contributed by atoms with Gasteiger partial charge in [0.05, 0.1) is 18.9 Å². The summed E-state index contributed by atoms with van der Waals surface area (Å²) in [5, 5.41) is 11.2. The molecule has 0 N–H and O–H groups in total. The van der Waals surface area contributed by atoms with Crippen LogP contribution in [0.25, 0.3) is 5.52 Å². The van der Waals surface area contributed by atoms with E-state index in [0.29, 0.717) is 0 Å². The molecule has 0 saturated heterocycles. The summed E-state index contributed by atoms with van der Waals surface area (Å²) in [6.45, 7) is -0.316. The Labute approximate surface area is 115 Å². The van der Waals surface area contributed by atoms with Crippen LogP contribution in [0.1, 0.15) is 11.3 Å². The van der Waals surface area contributed by atoms with Crippen LogP contribution in [-0.4, -0.2) is 29.2 Å². The van der Waals surface area contributed by atoms with E-state index in [4.69, 9.17) is 0 Å². The van der Waals surface area contributed by atoms with Crippen LogP contribution >= 0.6 is 0 Å². The molecule has 0 unspecified atom stereocenters. The molecule has 3 heterocycles. The average Bonchev–Trinajstić information content (AvgIpc) is 2.99. The number of aromatic nitrogens is 6. The van der Waals surface area contributed by atoms with E-state index < -0.39 is 17.4 Å². The van der Waals surface area contributed by atoms with Crippen LogP contribution in [0.2, 0.25) is 0 Å². The van der Waals surface area contributed by atoms with Gasteiger partial charge in [0.1, 0.15) is 17.5 Å². The van der Waals surface area contributed by atoms with E-state index in [9.17, 15) is 18.0 Å². The Morgan fingerprint density at radius 3 is 2.71 bits per heavy atom. The zero-order valence-corrected chi connectivity index (χ0v) is 10.7.